The summed E-state index contributed by atoms with van der Waals surface area (Å²) < 4.78 is 23.5. The van der Waals surface area contributed by atoms with E-state index < -0.39 is 122 Å². The molecule has 0 unspecified atom stereocenters. The van der Waals surface area contributed by atoms with Gasteiger partial charge in [0.2, 0.25) is 17.6 Å². The average molecular weight is 1320 g/mol. The monoisotopic (exact) mass is 1320 g/mol. The molecule has 23 nitrogen and oxygen atoms in total. The summed E-state index contributed by atoms with van der Waals surface area (Å²) >= 11 is 3.17. The van der Waals surface area contributed by atoms with Gasteiger partial charge in [-0.2, -0.15) is 23.5 Å². The highest BCUT2D eigenvalue weighted by molar-refractivity contribution is 7.99. The van der Waals surface area contributed by atoms with E-state index >= 15 is 0 Å². The number of thioether (sulfide) groups is 2. The highest BCUT2D eigenvalue weighted by Gasteiger charge is 2.56. The van der Waals surface area contributed by atoms with Crippen molar-refractivity contribution in [3.63, 3.8) is 0 Å². The molecule has 2 heterocycles. The van der Waals surface area contributed by atoms with Crippen LogP contribution in [0.5, 0.6) is 0 Å². The molecule has 2 aliphatic rings. The Hall–Kier alpha value is -6.95. The molecule has 4 amide bonds. The predicted molar refractivity (Wildman–Crippen MR) is 350 cm³/mol. The lowest BCUT2D eigenvalue weighted by Gasteiger charge is -2.46. The van der Waals surface area contributed by atoms with Crippen LogP contribution in [0.15, 0.2) is 133 Å². The van der Waals surface area contributed by atoms with E-state index in [4.69, 9.17) is 18.9 Å². The third-order valence-corrected chi connectivity index (χ3v) is 18.1. The van der Waals surface area contributed by atoms with Crippen LogP contribution in [0.25, 0.3) is 22.3 Å². The molecular weight excluding hydrogens is 1240 g/mol. The Bertz CT molecular complexity index is 3190. The first kappa shape index (κ1) is 73.5. The summed E-state index contributed by atoms with van der Waals surface area (Å²) in [7, 11) is 0. The lowest BCUT2D eigenvalue weighted by Crippen LogP contribution is -2.68. The molecule has 0 aromatic heterocycles. The maximum Gasteiger partial charge on any atom is 0.364 e. The minimum atomic E-state index is -2.42. The van der Waals surface area contributed by atoms with Crippen molar-refractivity contribution in [1.82, 2.24) is 26.6 Å². The third-order valence-electron chi connectivity index (χ3n) is 15.8. The van der Waals surface area contributed by atoms with Crippen molar-refractivity contribution in [1.29, 1.82) is 0 Å². The third kappa shape index (κ3) is 22.1. The van der Waals surface area contributed by atoms with Gasteiger partial charge in [0, 0.05) is 69.6 Å². The van der Waals surface area contributed by atoms with Crippen LogP contribution >= 0.6 is 23.5 Å². The van der Waals surface area contributed by atoms with Crippen LogP contribution in [-0.2, 0) is 55.9 Å². The number of carbonyl (C=O) groups excluding carboxylic acids is 6. The Morgan fingerprint density at radius 2 is 1.03 bits per heavy atom. The van der Waals surface area contributed by atoms with E-state index in [0.29, 0.717) is 60.5 Å². The van der Waals surface area contributed by atoms with Crippen molar-refractivity contribution in [2.75, 3.05) is 55.9 Å². The lowest BCUT2D eigenvalue weighted by molar-refractivity contribution is -0.310. The summed E-state index contributed by atoms with van der Waals surface area (Å²) in [5.41, 5.74) is 6.47. The quantitative estimate of drug-likeness (QED) is 0.0200. The topological polar surface area (TPSA) is 358 Å². The van der Waals surface area contributed by atoms with Crippen molar-refractivity contribution in [3.8, 4) is 22.3 Å². The fourth-order valence-corrected chi connectivity index (χ4v) is 12.6. The van der Waals surface area contributed by atoms with Crippen LogP contribution in [0.2, 0.25) is 0 Å². The number of amides is 4. The van der Waals surface area contributed by atoms with E-state index in [2.05, 4.69) is 26.6 Å². The number of carboxylic acids is 1. The van der Waals surface area contributed by atoms with Crippen molar-refractivity contribution < 1.29 is 88.3 Å². The fraction of sp³-hybridized carbons (Fsp3) is 0.456. The van der Waals surface area contributed by atoms with Gasteiger partial charge in [-0.1, -0.05) is 109 Å². The minimum absolute atomic E-state index is 0.00969. The summed E-state index contributed by atoms with van der Waals surface area (Å²) in [6.45, 7) is 2.08. The van der Waals surface area contributed by atoms with Gasteiger partial charge in [-0.15, -0.1) is 0 Å². The first-order valence-electron chi connectivity index (χ1n) is 31.0. The molecule has 0 bridgehead atoms. The van der Waals surface area contributed by atoms with Gasteiger partial charge in [-0.3, -0.25) is 28.8 Å². The van der Waals surface area contributed by atoms with Crippen molar-refractivity contribution >= 4 is 65.2 Å². The van der Waals surface area contributed by atoms with Crippen molar-refractivity contribution in [2.24, 2.45) is 0 Å². The smallest absolute Gasteiger partial charge is 0.364 e. The predicted octanol–water partition coefficient (Wildman–Crippen LogP) is 3.57. The Morgan fingerprint density at radius 3 is 1.53 bits per heavy atom. The number of ether oxygens (including phenoxy) is 4. The number of hydrogen-bond donors (Lipinski definition) is 12. The number of aliphatic carboxylic acids is 1. The molecule has 502 valence electrons. The molecule has 7 rings (SSSR count). The summed E-state index contributed by atoms with van der Waals surface area (Å²) in [5.74, 6) is -5.66. The second-order valence-corrected chi connectivity index (χ2v) is 25.5. The molecule has 12 N–H and O–H groups in total. The molecule has 0 saturated carbocycles. The van der Waals surface area contributed by atoms with Crippen LogP contribution in [0.1, 0.15) is 84.2 Å². The standard InChI is InChI=1S/C68H85N5O18S2/c1-43(75)72-58-54(78)36-67(42-74,90-62(58)60(82)56(80)40-70-64(84)51-25-21-49(22-26-51)47-13-5-3-6-14-47)88-30-10-34-93-35-29-53(77)39-69-38-46-19-17-45(18-20-46)12-9-32-92-33-11-31-89-68(66(86)87)37-55(79)59(73-44(2)76)63(91-68)61(83)57(81)41-71-65(85)52-27-23-50(24-28-52)48-15-7-4-8-16-48/h3-8,13-28,42,54-63,69,78-83H,9-12,29-41H2,1-2H3,(H,70,84)(H,71,85)(H,72,75)(H,73,76)(H,86,87)/t54-,55-,56+,57-,58+,59-,60+,61+,62+,63+,67+,68+/m0/s1. The van der Waals surface area contributed by atoms with Gasteiger partial charge in [0.1, 0.15) is 30.2 Å². The van der Waals surface area contributed by atoms with Crippen LogP contribution in [-0.4, -0.2) is 206 Å². The SMILES string of the molecule is CC(=O)N[C@@H]1[C@H]([C@H](O)[C@@H](O)CNC(=O)c2ccc(-c3ccccc3)cc2)O[C@@](OCCCSCCCc2ccc(CNCC(=O)CCSCCCO[C@]3(C=O)C[C@H](O)[C@@H](NC(C)=O)[C@H]([C@H](O)[C@H](O)CNC(=O)c4ccc(-c5ccccc5)cc4)O3)cc2)(C(=O)O)C[C@@H]1O. The number of hydrogen-bond acceptors (Lipinski definition) is 20. The molecule has 2 aliphatic heterocycles. The molecule has 12 atom stereocenters. The summed E-state index contributed by atoms with van der Waals surface area (Å²) in [4.78, 5) is 88.2. The van der Waals surface area contributed by atoms with E-state index in [9.17, 15) is 69.3 Å². The number of aliphatic hydroxyl groups excluding tert-OH is 6. The number of ketones is 1. The van der Waals surface area contributed by atoms with E-state index in [-0.39, 0.29) is 32.0 Å². The first-order chi connectivity index (χ1) is 44.7. The molecule has 0 radical (unpaired) electrons. The van der Waals surface area contributed by atoms with E-state index in [1.54, 1.807) is 60.3 Å². The Balaban J connectivity index is 0.743. The Kier molecular flexibility index (Phi) is 28.9. The second kappa shape index (κ2) is 36.6. The largest absolute Gasteiger partial charge is 0.477 e. The summed E-state index contributed by atoms with van der Waals surface area (Å²) in [6, 6.07) is 38.3. The van der Waals surface area contributed by atoms with Crippen LogP contribution in [0.3, 0.4) is 0 Å². The van der Waals surface area contributed by atoms with Gasteiger partial charge < -0.3 is 81.3 Å². The van der Waals surface area contributed by atoms with Gasteiger partial charge in [-0.05, 0) is 101 Å². The van der Waals surface area contributed by atoms with Crippen LogP contribution in [0, 0.1) is 0 Å². The minimum Gasteiger partial charge on any atom is -0.477 e. The maximum atomic E-state index is 13.0. The number of aryl methyl sites for hydroxylation is 1. The average Bonchev–Trinajstić information content (AvgIpc) is 0.787. The molecule has 2 saturated heterocycles. The zero-order valence-corrected chi connectivity index (χ0v) is 53.6. The first-order valence-corrected chi connectivity index (χ1v) is 33.3. The lowest BCUT2D eigenvalue weighted by atomic mass is 9.88. The van der Waals surface area contributed by atoms with Gasteiger partial charge in [0.15, 0.2) is 6.29 Å². The molecule has 2 fully saturated rings. The van der Waals surface area contributed by atoms with Gasteiger partial charge in [0.05, 0.1) is 56.3 Å². The number of nitrogens with one attached hydrogen (secondary N) is 5. The number of Topliss-reactive ketones (excluding diaryl/α,β-unsaturated/α-hetero) is 1. The molecule has 0 spiro atoms. The number of carbonyl (C=O) groups is 7. The van der Waals surface area contributed by atoms with Gasteiger partial charge >= 0.3 is 5.97 Å². The van der Waals surface area contributed by atoms with E-state index in [1.807, 2.05) is 84.9 Å². The zero-order valence-electron chi connectivity index (χ0n) is 52.0. The fourth-order valence-electron chi connectivity index (χ4n) is 10.8. The van der Waals surface area contributed by atoms with Gasteiger partial charge in [-0.25, -0.2) is 4.79 Å². The molecule has 5 aromatic carbocycles. The van der Waals surface area contributed by atoms with E-state index in [1.165, 1.54) is 25.6 Å². The highest BCUT2D eigenvalue weighted by atomic mass is 32.2. The summed E-state index contributed by atoms with van der Waals surface area (Å²) in [6.07, 6.45) is -10.9. The molecule has 25 heteroatoms. The molecular formula is C68H85N5O18S2. The van der Waals surface area contributed by atoms with Crippen LogP contribution in [0.4, 0.5) is 0 Å². The molecule has 93 heavy (non-hydrogen) atoms. The number of benzene rings is 5. The van der Waals surface area contributed by atoms with Crippen molar-refractivity contribution in [2.45, 2.75) is 138 Å². The normalized spacial score (nSPS) is 22.5. The van der Waals surface area contributed by atoms with Gasteiger partial charge in [0.25, 0.3) is 17.6 Å². The number of carboxylic acid groups (broad SMARTS) is 1. The number of rotatable bonds is 37. The highest BCUT2D eigenvalue weighted by Crippen LogP contribution is 2.35. The molecule has 5 aromatic rings. The Morgan fingerprint density at radius 1 is 0.581 bits per heavy atom. The number of aldehydes is 1. The van der Waals surface area contributed by atoms with E-state index in [0.717, 1.165) is 52.0 Å². The maximum absolute atomic E-state index is 13.0. The number of aliphatic hydroxyl groups is 6. The second-order valence-electron chi connectivity index (χ2n) is 23.0. The van der Waals surface area contributed by atoms with Crippen LogP contribution < -0.4 is 26.6 Å². The Labute approximate surface area is 549 Å². The molecule has 0 aliphatic carbocycles. The van der Waals surface area contributed by atoms with Crippen molar-refractivity contribution in [3.05, 3.63) is 156 Å². The summed E-state index contributed by atoms with van der Waals surface area (Å²) in [5, 5.41) is 90.7. The zero-order chi connectivity index (χ0) is 66.9.